The molecule has 0 aromatic carbocycles. The molecule has 0 aliphatic heterocycles. The van der Waals surface area contributed by atoms with Gasteiger partial charge in [-0.05, 0) is 38.0 Å². The van der Waals surface area contributed by atoms with Crippen LogP contribution in [0.15, 0.2) is 0 Å². The number of carboxylic acid groups (broad SMARTS) is 1. The monoisotopic (exact) mass is 480 g/mol. The van der Waals surface area contributed by atoms with Crippen LogP contribution in [0.1, 0.15) is 156 Å². The third-order valence-corrected chi connectivity index (χ3v) is 7.61. The van der Waals surface area contributed by atoms with Crippen LogP contribution in [0.4, 0.5) is 0 Å². The van der Waals surface area contributed by atoms with E-state index in [9.17, 15) is 14.7 Å². The van der Waals surface area contributed by atoms with Crippen LogP contribution in [0, 0.1) is 17.8 Å². The number of unbranched alkanes of at least 4 members (excludes halogenated alkanes) is 12. The molecule has 1 saturated carbocycles. The van der Waals surface area contributed by atoms with Gasteiger partial charge >= 0.3 is 11.9 Å². The van der Waals surface area contributed by atoms with Gasteiger partial charge in [0, 0.05) is 0 Å². The molecule has 1 fully saturated rings. The zero-order chi connectivity index (χ0) is 25.0. The third kappa shape index (κ3) is 15.0. The van der Waals surface area contributed by atoms with Crippen LogP contribution < -0.4 is 0 Å². The van der Waals surface area contributed by atoms with Crippen LogP contribution in [-0.2, 0) is 14.3 Å². The Morgan fingerprint density at radius 3 is 1.62 bits per heavy atom. The molecule has 0 amide bonds. The molecule has 1 aliphatic rings. The molecule has 200 valence electrons. The smallest absolute Gasteiger partial charge is 0.310 e. The van der Waals surface area contributed by atoms with Gasteiger partial charge in [0.25, 0.3) is 0 Å². The van der Waals surface area contributed by atoms with Crippen LogP contribution in [0.3, 0.4) is 0 Å². The fourth-order valence-corrected chi connectivity index (χ4v) is 5.35. The maximum atomic E-state index is 12.8. The molecule has 4 heteroatoms. The Balaban J connectivity index is 2.12. The maximum absolute atomic E-state index is 12.8. The molecule has 0 spiro atoms. The van der Waals surface area contributed by atoms with Crippen LogP contribution in [0.2, 0.25) is 0 Å². The van der Waals surface area contributed by atoms with Gasteiger partial charge in [-0.2, -0.15) is 0 Å². The second-order valence-corrected chi connectivity index (χ2v) is 11.3. The maximum Gasteiger partial charge on any atom is 0.310 e. The summed E-state index contributed by atoms with van der Waals surface area (Å²) in [6.07, 6.45) is 24.4. The normalized spacial score (nSPS) is 19.3. The van der Waals surface area contributed by atoms with E-state index in [1.54, 1.807) is 0 Å². The Bertz CT molecular complexity index is 516. The Labute approximate surface area is 211 Å². The summed E-state index contributed by atoms with van der Waals surface area (Å²) in [4.78, 5) is 24.3. The van der Waals surface area contributed by atoms with Gasteiger partial charge in [-0.3, -0.25) is 9.59 Å². The number of hydrogen-bond donors (Lipinski definition) is 1. The molecule has 0 aromatic heterocycles. The number of carbonyl (C=O) groups is 2. The predicted molar refractivity (Wildman–Crippen MR) is 142 cm³/mol. The Morgan fingerprint density at radius 1 is 0.706 bits per heavy atom. The highest BCUT2D eigenvalue weighted by Crippen LogP contribution is 2.32. The fourth-order valence-electron chi connectivity index (χ4n) is 5.35. The summed E-state index contributed by atoms with van der Waals surface area (Å²) in [6.45, 7) is 6.79. The summed E-state index contributed by atoms with van der Waals surface area (Å²) in [6, 6.07) is 0. The fraction of sp³-hybridized carbons (Fsp3) is 0.933. The Kier molecular flexibility index (Phi) is 18.4. The number of esters is 1. The number of carbonyl (C=O) groups excluding carboxylic acids is 1. The van der Waals surface area contributed by atoms with Gasteiger partial charge in [0.15, 0.2) is 0 Å². The van der Waals surface area contributed by atoms with Crippen LogP contribution in [0.5, 0.6) is 0 Å². The van der Waals surface area contributed by atoms with Gasteiger partial charge < -0.3 is 9.84 Å². The second-order valence-electron chi connectivity index (χ2n) is 11.3. The van der Waals surface area contributed by atoms with Crippen molar-refractivity contribution >= 4 is 11.9 Å². The molecule has 3 atom stereocenters. The zero-order valence-electron chi connectivity index (χ0n) is 22.8. The van der Waals surface area contributed by atoms with Crippen LogP contribution >= 0.6 is 0 Å². The highest BCUT2D eigenvalue weighted by atomic mass is 16.5. The first-order valence-electron chi connectivity index (χ1n) is 14.9. The van der Waals surface area contributed by atoms with E-state index in [2.05, 4.69) is 20.8 Å². The number of hydrogen-bond acceptors (Lipinski definition) is 3. The number of rotatable bonds is 21. The van der Waals surface area contributed by atoms with E-state index in [0.717, 1.165) is 50.9 Å². The van der Waals surface area contributed by atoms with Gasteiger partial charge in [0.05, 0.1) is 11.8 Å². The first kappa shape index (κ1) is 31.0. The van der Waals surface area contributed by atoms with Crippen molar-refractivity contribution in [2.45, 2.75) is 162 Å². The largest absolute Gasteiger partial charge is 0.481 e. The quantitative estimate of drug-likeness (QED) is 0.131. The van der Waals surface area contributed by atoms with E-state index < -0.39 is 17.8 Å². The van der Waals surface area contributed by atoms with Crippen molar-refractivity contribution in [2.75, 3.05) is 0 Å². The number of ether oxygens (including phenoxy) is 1. The topological polar surface area (TPSA) is 63.6 Å². The molecule has 34 heavy (non-hydrogen) atoms. The van der Waals surface area contributed by atoms with Crippen LogP contribution in [0.25, 0.3) is 0 Å². The van der Waals surface area contributed by atoms with Gasteiger partial charge in [-0.25, -0.2) is 0 Å². The first-order chi connectivity index (χ1) is 16.5. The molecule has 1 rings (SSSR count). The summed E-state index contributed by atoms with van der Waals surface area (Å²) >= 11 is 0. The van der Waals surface area contributed by atoms with Gasteiger partial charge in [0.1, 0.15) is 6.10 Å². The summed E-state index contributed by atoms with van der Waals surface area (Å²) in [5.41, 5.74) is 0. The highest BCUT2D eigenvalue weighted by molar-refractivity contribution is 5.81. The molecule has 0 radical (unpaired) electrons. The first-order valence-corrected chi connectivity index (χ1v) is 14.9. The lowest BCUT2D eigenvalue weighted by molar-refractivity contribution is -0.164. The van der Waals surface area contributed by atoms with Crippen molar-refractivity contribution in [3.8, 4) is 0 Å². The minimum Gasteiger partial charge on any atom is -0.481 e. The van der Waals surface area contributed by atoms with Gasteiger partial charge in [-0.1, -0.05) is 124 Å². The molecular weight excluding hydrogens is 424 g/mol. The van der Waals surface area contributed by atoms with E-state index in [0.29, 0.717) is 12.8 Å². The van der Waals surface area contributed by atoms with Crippen molar-refractivity contribution in [1.82, 2.24) is 0 Å². The van der Waals surface area contributed by atoms with E-state index in [-0.39, 0.29) is 12.1 Å². The molecule has 1 N–H and O–H groups in total. The summed E-state index contributed by atoms with van der Waals surface area (Å²) in [7, 11) is 0. The lowest BCUT2D eigenvalue weighted by Crippen LogP contribution is -2.35. The zero-order valence-corrected chi connectivity index (χ0v) is 22.8. The Hall–Kier alpha value is -1.06. The van der Waals surface area contributed by atoms with Crippen molar-refractivity contribution in [3.63, 3.8) is 0 Å². The average molecular weight is 481 g/mol. The lowest BCUT2D eigenvalue weighted by Gasteiger charge is -2.28. The van der Waals surface area contributed by atoms with Gasteiger partial charge in [0.2, 0.25) is 0 Å². The van der Waals surface area contributed by atoms with Crippen molar-refractivity contribution in [3.05, 3.63) is 0 Å². The molecule has 1 aliphatic carbocycles. The van der Waals surface area contributed by atoms with E-state index in [4.69, 9.17) is 4.74 Å². The molecule has 0 saturated heterocycles. The van der Waals surface area contributed by atoms with Crippen molar-refractivity contribution < 1.29 is 19.4 Å². The standard InChI is InChI=1S/C30H56O4/c1-4-5-21-26(34-30(33)28-24-19-18-23-27(28)29(31)32)22-17-15-13-11-9-7-6-8-10-12-14-16-20-25(2)3/h25-28H,4-24H2,1-3H3,(H,31,32). The molecular formula is C30H56O4. The third-order valence-electron chi connectivity index (χ3n) is 7.61. The second kappa shape index (κ2) is 20.2. The van der Waals surface area contributed by atoms with E-state index >= 15 is 0 Å². The highest BCUT2D eigenvalue weighted by Gasteiger charge is 2.37. The molecule has 3 unspecified atom stereocenters. The predicted octanol–water partition coefficient (Wildman–Crippen LogP) is 9.10. The number of carboxylic acids is 1. The minimum atomic E-state index is -0.839. The minimum absolute atomic E-state index is 0.0376. The Morgan fingerprint density at radius 2 is 1.15 bits per heavy atom. The lowest BCUT2D eigenvalue weighted by atomic mass is 9.79. The summed E-state index contributed by atoms with van der Waals surface area (Å²) < 4.78 is 5.89. The molecule has 0 heterocycles. The van der Waals surface area contributed by atoms with Crippen molar-refractivity contribution in [2.24, 2.45) is 17.8 Å². The number of aliphatic carboxylic acids is 1. The van der Waals surface area contributed by atoms with E-state index in [1.165, 1.54) is 77.0 Å². The molecule has 0 aromatic rings. The average Bonchev–Trinajstić information content (AvgIpc) is 2.82. The van der Waals surface area contributed by atoms with Crippen molar-refractivity contribution in [1.29, 1.82) is 0 Å². The SMILES string of the molecule is CCCCC(CCCCCCCCCCCCCCC(C)C)OC(=O)C1CCCCC1C(=O)O. The summed E-state index contributed by atoms with van der Waals surface area (Å²) in [5, 5.41) is 9.48. The van der Waals surface area contributed by atoms with Gasteiger partial charge in [-0.15, -0.1) is 0 Å². The molecule has 0 bridgehead atoms. The van der Waals surface area contributed by atoms with Crippen LogP contribution in [-0.4, -0.2) is 23.1 Å². The molecule has 4 nitrogen and oxygen atoms in total. The van der Waals surface area contributed by atoms with E-state index in [1.807, 2.05) is 0 Å². The summed E-state index contributed by atoms with van der Waals surface area (Å²) in [5.74, 6) is -1.25.